The zero-order valence-corrected chi connectivity index (χ0v) is 8.36. The normalized spacial score (nSPS) is 10.9. The molecule has 1 rings (SSSR count). The molecular formula is C10H8ClNO3. The monoisotopic (exact) mass is 225 g/mol. The summed E-state index contributed by atoms with van der Waals surface area (Å²) in [7, 11) is 0. The molecule has 1 aromatic rings. The fourth-order valence-electron chi connectivity index (χ4n) is 1.04. The summed E-state index contributed by atoms with van der Waals surface area (Å²) in [5.74, 6) is -1.85. The number of carbonyl (C=O) groups excluding carboxylic acids is 1. The van der Waals surface area contributed by atoms with Gasteiger partial charge in [0, 0.05) is 17.9 Å². The molecule has 0 spiro atoms. The van der Waals surface area contributed by atoms with Crippen LogP contribution in [-0.4, -0.2) is 17.0 Å². The van der Waals surface area contributed by atoms with Gasteiger partial charge in [-0.25, -0.2) is 4.79 Å². The Morgan fingerprint density at radius 3 is 2.33 bits per heavy atom. The predicted octanol–water partition coefficient (Wildman–Crippen LogP) is 1.42. The highest BCUT2D eigenvalue weighted by Crippen LogP contribution is 2.13. The maximum Gasteiger partial charge on any atom is 0.336 e. The fourth-order valence-corrected chi connectivity index (χ4v) is 1.10. The Balaban J connectivity index is 3.10. The first-order chi connectivity index (χ1) is 7.15. The van der Waals surface area contributed by atoms with Crippen LogP contribution < -0.4 is 4.84 Å². The van der Waals surface area contributed by atoms with Crippen LogP contribution in [0.5, 0.6) is 0 Å². The SMILES string of the molecule is O=C(C=C(C(=O)O)c1ccccc1)NCl. The zero-order chi connectivity index (χ0) is 11.3. The molecule has 0 heterocycles. The fraction of sp³-hybridized carbons (Fsp3) is 0. The highest BCUT2D eigenvalue weighted by Gasteiger charge is 2.11. The van der Waals surface area contributed by atoms with Crippen molar-refractivity contribution in [2.24, 2.45) is 0 Å². The molecule has 0 aliphatic heterocycles. The summed E-state index contributed by atoms with van der Waals surface area (Å²) in [6.07, 6.45) is 0.935. The Labute approximate surface area is 91.3 Å². The number of rotatable bonds is 3. The van der Waals surface area contributed by atoms with Crippen LogP contribution in [0, 0.1) is 0 Å². The van der Waals surface area contributed by atoms with Crippen LogP contribution in [0.15, 0.2) is 36.4 Å². The first kappa shape index (κ1) is 11.3. The van der Waals surface area contributed by atoms with E-state index < -0.39 is 11.9 Å². The second kappa shape index (κ2) is 5.17. The largest absolute Gasteiger partial charge is 0.478 e. The van der Waals surface area contributed by atoms with Gasteiger partial charge in [0.15, 0.2) is 0 Å². The average Bonchev–Trinajstić information content (AvgIpc) is 2.26. The number of hydrogen-bond acceptors (Lipinski definition) is 2. The van der Waals surface area contributed by atoms with Crippen molar-refractivity contribution in [1.29, 1.82) is 0 Å². The van der Waals surface area contributed by atoms with Gasteiger partial charge in [-0.2, -0.15) is 0 Å². The van der Waals surface area contributed by atoms with Crippen LogP contribution in [-0.2, 0) is 9.59 Å². The lowest BCUT2D eigenvalue weighted by Crippen LogP contribution is -2.11. The Bertz CT molecular complexity index is 400. The van der Waals surface area contributed by atoms with Crippen molar-refractivity contribution in [3.8, 4) is 0 Å². The summed E-state index contributed by atoms with van der Waals surface area (Å²) in [5, 5.41) is 8.88. The summed E-state index contributed by atoms with van der Waals surface area (Å²) < 4.78 is 0. The smallest absolute Gasteiger partial charge is 0.336 e. The Morgan fingerprint density at radius 1 is 1.27 bits per heavy atom. The molecule has 15 heavy (non-hydrogen) atoms. The minimum atomic E-state index is -1.18. The van der Waals surface area contributed by atoms with Gasteiger partial charge in [0.2, 0.25) is 0 Å². The topological polar surface area (TPSA) is 66.4 Å². The first-order valence-electron chi connectivity index (χ1n) is 4.06. The Hall–Kier alpha value is -1.81. The number of amides is 1. The van der Waals surface area contributed by atoms with Crippen molar-refractivity contribution in [3.05, 3.63) is 42.0 Å². The molecule has 0 saturated carbocycles. The number of carbonyl (C=O) groups is 2. The third-order valence-corrected chi connectivity index (χ3v) is 1.87. The summed E-state index contributed by atoms with van der Waals surface area (Å²) in [5.41, 5.74) is 0.346. The summed E-state index contributed by atoms with van der Waals surface area (Å²) in [6.45, 7) is 0. The van der Waals surface area contributed by atoms with Crippen LogP contribution in [0.25, 0.3) is 5.57 Å². The first-order valence-corrected chi connectivity index (χ1v) is 4.44. The highest BCUT2D eigenvalue weighted by atomic mass is 35.5. The number of carboxylic acids is 1. The van der Waals surface area contributed by atoms with E-state index in [9.17, 15) is 9.59 Å². The lowest BCUT2D eigenvalue weighted by Gasteiger charge is -2.01. The number of halogens is 1. The maximum absolute atomic E-state index is 10.9. The molecule has 1 aromatic carbocycles. The van der Waals surface area contributed by atoms with E-state index >= 15 is 0 Å². The predicted molar refractivity (Wildman–Crippen MR) is 56.1 cm³/mol. The minimum absolute atomic E-state index is 0.103. The van der Waals surface area contributed by atoms with Gasteiger partial charge < -0.3 is 5.11 Å². The zero-order valence-electron chi connectivity index (χ0n) is 7.61. The molecule has 0 atom stereocenters. The number of aliphatic carboxylic acids is 1. The van der Waals surface area contributed by atoms with E-state index in [2.05, 4.69) is 0 Å². The van der Waals surface area contributed by atoms with Crippen LogP contribution >= 0.6 is 11.8 Å². The van der Waals surface area contributed by atoms with Gasteiger partial charge in [-0.1, -0.05) is 30.3 Å². The molecule has 0 fully saturated rings. The van der Waals surface area contributed by atoms with Gasteiger partial charge in [-0.05, 0) is 5.56 Å². The molecule has 0 unspecified atom stereocenters. The van der Waals surface area contributed by atoms with E-state index in [1.807, 2.05) is 4.84 Å². The molecule has 0 aliphatic carbocycles. The molecule has 0 radical (unpaired) electrons. The van der Waals surface area contributed by atoms with Crippen molar-refractivity contribution in [2.45, 2.75) is 0 Å². The van der Waals surface area contributed by atoms with E-state index in [-0.39, 0.29) is 5.57 Å². The van der Waals surface area contributed by atoms with E-state index in [0.29, 0.717) is 5.56 Å². The molecule has 0 saturated heterocycles. The molecule has 2 N–H and O–H groups in total. The molecule has 0 bridgehead atoms. The van der Waals surface area contributed by atoms with Crippen LogP contribution in [0.2, 0.25) is 0 Å². The van der Waals surface area contributed by atoms with E-state index in [0.717, 1.165) is 6.08 Å². The molecule has 4 nitrogen and oxygen atoms in total. The molecule has 0 aromatic heterocycles. The summed E-state index contributed by atoms with van der Waals surface area (Å²) in [6, 6.07) is 8.32. The molecule has 5 heteroatoms. The Morgan fingerprint density at radius 2 is 1.87 bits per heavy atom. The number of carboxylic acid groups (broad SMARTS) is 1. The lowest BCUT2D eigenvalue weighted by atomic mass is 10.1. The molecular weight excluding hydrogens is 218 g/mol. The quantitative estimate of drug-likeness (QED) is 0.604. The maximum atomic E-state index is 10.9. The van der Waals surface area contributed by atoms with Gasteiger partial charge in [-0.15, -0.1) is 0 Å². The summed E-state index contributed by atoms with van der Waals surface area (Å²) in [4.78, 5) is 23.6. The summed E-state index contributed by atoms with van der Waals surface area (Å²) >= 11 is 5.05. The van der Waals surface area contributed by atoms with Crippen molar-refractivity contribution in [1.82, 2.24) is 4.84 Å². The second-order valence-electron chi connectivity index (χ2n) is 2.69. The number of nitrogens with one attached hydrogen (secondary N) is 1. The third-order valence-electron chi connectivity index (χ3n) is 1.68. The van der Waals surface area contributed by atoms with Crippen molar-refractivity contribution in [3.63, 3.8) is 0 Å². The van der Waals surface area contributed by atoms with Crippen LogP contribution in [0.3, 0.4) is 0 Å². The van der Waals surface area contributed by atoms with Gasteiger partial charge in [-0.3, -0.25) is 9.63 Å². The molecule has 78 valence electrons. The molecule has 1 amide bonds. The van der Waals surface area contributed by atoms with Crippen molar-refractivity contribution < 1.29 is 14.7 Å². The van der Waals surface area contributed by atoms with Gasteiger partial charge in [0.1, 0.15) is 0 Å². The van der Waals surface area contributed by atoms with Crippen LogP contribution in [0.1, 0.15) is 5.56 Å². The standard InChI is InChI=1S/C10H8ClNO3/c11-12-9(13)6-8(10(14)15)7-4-2-1-3-5-7/h1-6H,(H,12,13)(H,14,15). The third kappa shape index (κ3) is 3.11. The highest BCUT2D eigenvalue weighted by molar-refractivity contribution is 6.27. The second-order valence-corrected chi connectivity index (χ2v) is 2.88. The van der Waals surface area contributed by atoms with E-state index in [4.69, 9.17) is 16.9 Å². The van der Waals surface area contributed by atoms with E-state index in [1.54, 1.807) is 30.3 Å². The number of benzene rings is 1. The number of hydrogen-bond donors (Lipinski definition) is 2. The average molecular weight is 226 g/mol. The minimum Gasteiger partial charge on any atom is -0.478 e. The van der Waals surface area contributed by atoms with Gasteiger partial charge >= 0.3 is 5.97 Å². The lowest BCUT2D eigenvalue weighted by molar-refractivity contribution is -0.130. The Kier molecular flexibility index (Phi) is 3.88. The van der Waals surface area contributed by atoms with Crippen LogP contribution in [0.4, 0.5) is 0 Å². The van der Waals surface area contributed by atoms with Crippen molar-refractivity contribution >= 4 is 29.2 Å². The van der Waals surface area contributed by atoms with Gasteiger partial charge in [0.05, 0.1) is 5.57 Å². The van der Waals surface area contributed by atoms with Gasteiger partial charge in [0.25, 0.3) is 5.91 Å². The molecule has 0 aliphatic rings. The van der Waals surface area contributed by atoms with E-state index in [1.165, 1.54) is 0 Å². The van der Waals surface area contributed by atoms with Crippen molar-refractivity contribution in [2.75, 3.05) is 0 Å².